The van der Waals surface area contributed by atoms with E-state index in [0.29, 0.717) is 11.3 Å². The number of carbonyl (C=O) groups is 1. The molecule has 5 nitrogen and oxygen atoms in total. The summed E-state index contributed by atoms with van der Waals surface area (Å²) in [5.41, 5.74) is 3.54. The molecule has 0 aromatic heterocycles. The highest BCUT2D eigenvalue weighted by molar-refractivity contribution is 5.94. The van der Waals surface area contributed by atoms with Crippen LogP contribution in [0.25, 0.3) is 0 Å². The van der Waals surface area contributed by atoms with Gasteiger partial charge in [0.25, 0.3) is 5.91 Å². The molecule has 0 unspecified atom stereocenters. The second kappa shape index (κ2) is 10.2. The summed E-state index contributed by atoms with van der Waals surface area (Å²) in [7, 11) is 4.03. The molecule has 0 saturated carbocycles. The molecule has 0 N–H and O–H groups in total. The van der Waals surface area contributed by atoms with Gasteiger partial charge in [-0.25, -0.2) is 0 Å². The molecule has 0 radical (unpaired) electrons. The van der Waals surface area contributed by atoms with Gasteiger partial charge in [0.15, 0.2) is 0 Å². The Morgan fingerprint density at radius 2 is 1.67 bits per heavy atom. The molecule has 2 heterocycles. The molecule has 1 spiro atoms. The Hall–Kier alpha value is -2.53. The van der Waals surface area contributed by atoms with Gasteiger partial charge in [-0.2, -0.15) is 0 Å². The molecule has 2 saturated heterocycles. The number of likely N-dealkylation sites (tertiary alicyclic amines) is 2. The minimum absolute atomic E-state index is 0.168. The van der Waals surface area contributed by atoms with Crippen molar-refractivity contribution >= 4 is 11.6 Å². The van der Waals surface area contributed by atoms with Crippen LogP contribution >= 0.6 is 0 Å². The first-order chi connectivity index (χ1) is 15.8. The van der Waals surface area contributed by atoms with Crippen LogP contribution in [0.5, 0.6) is 5.75 Å². The highest BCUT2D eigenvalue weighted by Crippen LogP contribution is 2.41. The maximum absolute atomic E-state index is 13.0. The first-order valence-corrected chi connectivity index (χ1v) is 12.3. The van der Waals surface area contributed by atoms with Gasteiger partial charge < -0.3 is 14.5 Å². The van der Waals surface area contributed by atoms with Crippen LogP contribution in [0, 0.1) is 11.3 Å². The van der Waals surface area contributed by atoms with Crippen molar-refractivity contribution in [2.24, 2.45) is 11.3 Å². The average Bonchev–Trinajstić information content (AvgIpc) is 3.20. The number of rotatable bonds is 7. The Balaban J connectivity index is 1.32. The molecule has 0 aliphatic carbocycles. The van der Waals surface area contributed by atoms with Crippen molar-refractivity contribution in [1.29, 1.82) is 0 Å². The van der Waals surface area contributed by atoms with Crippen molar-refractivity contribution in [2.75, 3.05) is 51.8 Å². The van der Waals surface area contributed by atoms with E-state index in [1.165, 1.54) is 12.0 Å². The van der Waals surface area contributed by atoms with Gasteiger partial charge in [-0.3, -0.25) is 9.69 Å². The van der Waals surface area contributed by atoms with Gasteiger partial charge >= 0.3 is 0 Å². The zero-order valence-corrected chi connectivity index (χ0v) is 20.7. The fraction of sp³-hybridized carbons (Fsp3) is 0.536. The third kappa shape index (κ3) is 5.70. The van der Waals surface area contributed by atoms with E-state index in [9.17, 15) is 4.79 Å². The number of amides is 1. The molecule has 2 aliphatic heterocycles. The van der Waals surface area contributed by atoms with Crippen LogP contribution in [0.3, 0.4) is 0 Å². The Kier molecular flexibility index (Phi) is 7.28. The van der Waals surface area contributed by atoms with Crippen LogP contribution in [0.15, 0.2) is 48.5 Å². The molecule has 2 aromatic carbocycles. The normalized spacial score (nSPS) is 18.2. The van der Waals surface area contributed by atoms with Crippen LogP contribution in [-0.4, -0.2) is 62.6 Å². The lowest BCUT2D eigenvalue weighted by molar-refractivity contribution is 0.0587. The topological polar surface area (TPSA) is 36.0 Å². The zero-order valence-electron chi connectivity index (χ0n) is 20.7. The lowest BCUT2D eigenvalue weighted by Crippen LogP contribution is -2.44. The highest BCUT2D eigenvalue weighted by atomic mass is 16.5. The molecule has 5 heteroatoms. The lowest BCUT2D eigenvalue weighted by atomic mass is 9.77. The highest BCUT2D eigenvalue weighted by Gasteiger charge is 2.41. The van der Waals surface area contributed by atoms with Gasteiger partial charge in [-0.05, 0) is 67.5 Å². The van der Waals surface area contributed by atoms with Gasteiger partial charge in [0.2, 0.25) is 0 Å². The molecule has 33 heavy (non-hydrogen) atoms. The maximum atomic E-state index is 13.0. The predicted octanol–water partition coefficient (Wildman–Crippen LogP) is 4.92. The van der Waals surface area contributed by atoms with Gasteiger partial charge in [0, 0.05) is 57.1 Å². The van der Waals surface area contributed by atoms with Gasteiger partial charge in [0.05, 0.1) is 6.61 Å². The molecule has 2 aliphatic rings. The van der Waals surface area contributed by atoms with Crippen molar-refractivity contribution in [3.63, 3.8) is 0 Å². The van der Waals surface area contributed by atoms with Gasteiger partial charge in [-0.15, -0.1) is 0 Å². The number of carbonyl (C=O) groups excluding carboxylic acids is 1. The summed E-state index contributed by atoms with van der Waals surface area (Å²) in [6.07, 6.45) is 3.41. The largest absolute Gasteiger partial charge is 0.493 e. The molecular weight excluding hydrogens is 410 g/mol. The number of anilines is 1. The summed E-state index contributed by atoms with van der Waals surface area (Å²) in [5.74, 6) is 1.71. The fourth-order valence-electron chi connectivity index (χ4n) is 5.11. The lowest BCUT2D eigenvalue weighted by Gasteiger charge is -2.39. The van der Waals surface area contributed by atoms with Gasteiger partial charge in [-0.1, -0.05) is 32.0 Å². The summed E-state index contributed by atoms with van der Waals surface area (Å²) in [5, 5.41) is 0. The molecular formula is C28H39N3O2. The van der Waals surface area contributed by atoms with E-state index in [2.05, 4.69) is 47.9 Å². The Morgan fingerprint density at radius 3 is 2.33 bits per heavy atom. The van der Waals surface area contributed by atoms with Crippen LogP contribution in [0.2, 0.25) is 0 Å². The van der Waals surface area contributed by atoms with Crippen LogP contribution in [0.1, 0.15) is 49.0 Å². The van der Waals surface area contributed by atoms with Crippen LogP contribution < -0.4 is 9.64 Å². The fourth-order valence-corrected chi connectivity index (χ4v) is 5.11. The second-order valence-corrected chi connectivity index (χ2v) is 10.5. The standard InChI is InChI=1S/C28H39N3O2/c1-22(2)20-33-26-8-6-5-7-24(26)19-30-16-13-28(21-30)14-17-31(18-15-28)27(32)23-9-11-25(12-10-23)29(3)4/h5-12,22H,13-21H2,1-4H3. The smallest absolute Gasteiger partial charge is 0.253 e. The van der Waals surface area contributed by atoms with Gasteiger partial charge in [0.1, 0.15) is 5.75 Å². The monoisotopic (exact) mass is 449 g/mol. The van der Waals surface area contributed by atoms with Crippen LogP contribution in [0.4, 0.5) is 5.69 Å². The molecule has 1 amide bonds. The van der Waals surface area contributed by atoms with Crippen molar-refractivity contribution in [3.8, 4) is 5.75 Å². The first kappa shape index (κ1) is 23.6. The van der Waals surface area contributed by atoms with E-state index >= 15 is 0 Å². The first-order valence-electron chi connectivity index (χ1n) is 12.3. The number of ether oxygens (including phenoxy) is 1. The number of para-hydroxylation sites is 1. The SMILES string of the molecule is CC(C)COc1ccccc1CN1CCC2(CCN(C(=O)c3ccc(N(C)C)cc3)CC2)C1. The third-order valence-electron chi connectivity index (χ3n) is 7.20. The zero-order chi connectivity index (χ0) is 23.4. The summed E-state index contributed by atoms with van der Waals surface area (Å²) in [6.45, 7) is 10.0. The molecule has 178 valence electrons. The van der Waals surface area contributed by atoms with E-state index < -0.39 is 0 Å². The average molecular weight is 450 g/mol. The van der Waals surface area contributed by atoms with E-state index in [4.69, 9.17) is 4.74 Å². The minimum Gasteiger partial charge on any atom is -0.493 e. The summed E-state index contributed by atoms with van der Waals surface area (Å²) in [6, 6.07) is 16.4. The number of piperidine rings is 1. The predicted molar refractivity (Wildman–Crippen MR) is 135 cm³/mol. The second-order valence-electron chi connectivity index (χ2n) is 10.5. The summed E-state index contributed by atoms with van der Waals surface area (Å²) < 4.78 is 6.08. The Bertz CT molecular complexity index is 930. The van der Waals surface area contributed by atoms with Crippen molar-refractivity contribution in [3.05, 3.63) is 59.7 Å². The molecule has 0 bridgehead atoms. The van der Waals surface area contributed by atoms with E-state index in [1.54, 1.807) is 0 Å². The maximum Gasteiger partial charge on any atom is 0.253 e. The van der Waals surface area contributed by atoms with E-state index in [-0.39, 0.29) is 5.91 Å². The molecule has 0 atom stereocenters. The number of hydrogen-bond donors (Lipinski definition) is 0. The number of hydrogen-bond acceptors (Lipinski definition) is 4. The van der Waals surface area contributed by atoms with Crippen molar-refractivity contribution in [2.45, 2.75) is 39.7 Å². The number of nitrogens with zero attached hydrogens (tertiary/aromatic N) is 3. The molecule has 4 rings (SSSR count). The minimum atomic E-state index is 0.168. The number of benzene rings is 2. The van der Waals surface area contributed by atoms with E-state index in [1.807, 2.05) is 43.3 Å². The summed E-state index contributed by atoms with van der Waals surface area (Å²) in [4.78, 5) is 19.7. The molecule has 2 fully saturated rings. The van der Waals surface area contributed by atoms with Crippen molar-refractivity contribution in [1.82, 2.24) is 9.80 Å². The Labute approximate surface area is 199 Å². The quantitative estimate of drug-likeness (QED) is 0.601. The van der Waals surface area contributed by atoms with Crippen molar-refractivity contribution < 1.29 is 9.53 Å². The van der Waals surface area contributed by atoms with E-state index in [0.717, 1.165) is 69.2 Å². The summed E-state index contributed by atoms with van der Waals surface area (Å²) >= 11 is 0. The van der Waals surface area contributed by atoms with Crippen LogP contribution in [-0.2, 0) is 6.54 Å². The molecule has 2 aromatic rings. The third-order valence-corrected chi connectivity index (χ3v) is 7.20. The Morgan fingerprint density at radius 1 is 1.00 bits per heavy atom.